The van der Waals surface area contributed by atoms with Gasteiger partial charge in [0.25, 0.3) is 5.91 Å². The summed E-state index contributed by atoms with van der Waals surface area (Å²) in [5.41, 5.74) is 2.49. The van der Waals surface area contributed by atoms with Gasteiger partial charge in [0.1, 0.15) is 16.7 Å². The SMILES string of the molecule is CCC(C(=O)O)n1ccc(Nc2ncc(C(=O)Nc3c(C)ccc(OC)c3C)s2)n1. The molecule has 3 aromatic rings. The summed E-state index contributed by atoms with van der Waals surface area (Å²) in [5, 5.41) is 19.9. The molecule has 1 atom stereocenters. The first-order valence-electron chi connectivity index (χ1n) is 9.30. The smallest absolute Gasteiger partial charge is 0.328 e. The van der Waals surface area contributed by atoms with Crippen LogP contribution in [-0.4, -0.2) is 38.9 Å². The van der Waals surface area contributed by atoms with Crippen LogP contribution in [-0.2, 0) is 4.79 Å². The molecule has 0 radical (unpaired) electrons. The van der Waals surface area contributed by atoms with Crippen molar-refractivity contribution < 1.29 is 19.4 Å². The lowest BCUT2D eigenvalue weighted by atomic mass is 10.1. The van der Waals surface area contributed by atoms with Crippen LogP contribution in [0.1, 0.15) is 40.2 Å². The van der Waals surface area contributed by atoms with Gasteiger partial charge in [0.05, 0.1) is 19.0 Å². The lowest BCUT2D eigenvalue weighted by molar-refractivity contribution is -0.141. The monoisotopic (exact) mass is 429 g/mol. The number of carbonyl (C=O) groups is 2. The molecule has 1 amide bonds. The van der Waals surface area contributed by atoms with Gasteiger partial charge in [0.2, 0.25) is 0 Å². The molecule has 1 unspecified atom stereocenters. The Labute approximate surface area is 177 Å². The lowest BCUT2D eigenvalue weighted by Crippen LogP contribution is -2.18. The summed E-state index contributed by atoms with van der Waals surface area (Å²) < 4.78 is 6.71. The number of aryl methyl sites for hydroxylation is 1. The first-order valence-corrected chi connectivity index (χ1v) is 10.1. The number of nitrogens with one attached hydrogen (secondary N) is 2. The highest BCUT2D eigenvalue weighted by molar-refractivity contribution is 7.17. The van der Waals surface area contributed by atoms with Crippen LogP contribution in [0.5, 0.6) is 5.75 Å². The molecular formula is C20H23N5O4S. The second-order valence-electron chi connectivity index (χ2n) is 6.64. The van der Waals surface area contributed by atoms with Crippen LogP contribution >= 0.6 is 11.3 Å². The van der Waals surface area contributed by atoms with E-state index in [0.717, 1.165) is 11.1 Å². The minimum absolute atomic E-state index is 0.276. The molecule has 0 aliphatic heterocycles. The predicted octanol–water partition coefficient (Wildman–Crippen LogP) is 4.00. The summed E-state index contributed by atoms with van der Waals surface area (Å²) in [6.45, 7) is 5.59. The number of rotatable bonds is 8. The highest BCUT2D eigenvalue weighted by Gasteiger charge is 2.19. The fourth-order valence-corrected chi connectivity index (χ4v) is 3.73. The van der Waals surface area contributed by atoms with Crippen molar-refractivity contribution in [3.05, 3.63) is 46.6 Å². The number of aromatic nitrogens is 3. The van der Waals surface area contributed by atoms with Crippen molar-refractivity contribution in [2.45, 2.75) is 33.2 Å². The van der Waals surface area contributed by atoms with Crippen LogP contribution in [0.25, 0.3) is 0 Å². The Balaban J connectivity index is 1.72. The van der Waals surface area contributed by atoms with E-state index in [4.69, 9.17) is 4.74 Å². The van der Waals surface area contributed by atoms with E-state index in [-0.39, 0.29) is 5.91 Å². The molecule has 2 aromatic heterocycles. The number of methoxy groups -OCH3 is 1. The summed E-state index contributed by atoms with van der Waals surface area (Å²) in [7, 11) is 1.59. The van der Waals surface area contributed by atoms with Crippen LogP contribution in [0.2, 0.25) is 0 Å². The van der Waals surface area contributed by atoms with Crippen LogP contribution in [0.3, 0.4) is 0 Å². The maximum Gasteiger partial charge on any atom is 0.328 e. The Morgan fingerprint density at radius 3 is 2.73 bits per heavy atom. The van der Waals surface area contributed by atoms with E-state index in [1.54, 1.807) is 26.3 Å². The molecule has 0 spiro atoms. The van der Waals surface area contributed by atoms with E-state index in [2.05, 4.69) is 20.7 Å². The van der Waals surface area contributed by atoms with Crippen LogP contribution < -0.4 is 15.4 Å². The summed E-state index contributed by atoms with van der Waals surface area (Å²) in [4.78, 5) is 28.6. The zero-order valence-electron chi connectivity index (χ0n) is 17.1. The Kier molecular flexibility index (Phi) is 6.36. The number of benzene rings is 1. The van der Waals surface area contributed by atoms with Gasteiger partial charge in [0.15, 0.2) is 10.9 Å². The van der Waals surface area contributed by atoms with Crippen molar-refractivity contribution in [3.63, 3.8) is 0 Å². The molecule has 3 rings (SSSR count). The van der Waals surface area contributed by atoms with Crippen molar-refractivity contribution in [2.24, 2.45) is 0 Å². The number of anilines is 3. The summed E-state index contributed by atoms with van der Waals surface area (Å²) in [6.07, 6.45) is 3.50. The van der Waals surface area contributed by atoms with Gasteiger partial charge in [-0.25, -0.2) is 9.78 Å². The predicted molar refractivity (Wildman–Crippen MR) is 115 cm³/mol. The number of ether oxygens (including phenoxy) is 1. The third-order valence-corrected chi connectivity index (χ3v) is 5.56. The molecule has 30 heavy (non-hydrogen) atoms. The van der Waals surface area contributed by atoms with Gasteiger partial charge < -0.3 is 20.5 Å². The number of thiazole rings is 1. The minimum Gasteiger partial charge on any atom is -0.496 e. The maximum atomic E-state index is 12.7. The first-order chi connectivity index (χ1) is 14.3. The highest BCUT2D eigenvalue weighted by Crippen LogP contribution is 2.30. The van der Waals surface area contributed by atoms with Gasteiger partial charge in [-0.1, -0.05) is 24.3 Å². The normalized spacial score (nSPS) is 11.7. The van der Waals surface area contributed by atoms with Gasteiger partial charge in [0, 0.05) is 17.8 Å². The summed E-state index contributed by atoms with van der Waals surface area (Å²) in [6, 6.07) is 4.68. The fraction of sp³-hybridized carbons (Fsp3) is 0.300. The molecule has 3 N–H and O–H groups in total. The molecule has 10 heteroatoms. The molecule has 9 nitrogen and oxygen atoms in total. The second-order valence-corrected chi connectivity index (χ2v) is 7.67. The molecule has 0 fully saturated rings. The number of hydrogen-bond acceptors (Lipinski definition) is 7. The van der Waals surface area contributed by atoms with E-state index in [0.29, 0.717) is 33.7 Å². The quantitative estimate of drug-likeness (QED) is 0.495. The van der Waals surface area contributed by atoms with E-state index in [9.17, 15) is 14.7 Å². The van der Waals surface area contributed by atoms with Crippen LogP contribution in [0.4, 0.5) is 16.6 Å². The highest BCUT2D eigenvalue weighted by atomic mass is 32.1. The molecule has 158 valence electrons. The average molecular weight is 430 g/mol. The van der Waals surface area contributed by atoms with E-state index < -0.39 is 12.0 Å². The standard InChI is InChI=1S/C20H23N5O4S/c1-5-13(19(27)28)25-9-8-16(24-25)22-20-21-10-15(30-20)18(26)23-17-11(2)6-7-14(29-4)12(17)3/h6-10,13H,5H2,1-4H3,(H,23,26)(H,27,28)(H,21,22,24). The van der Waals surface area contributed by atoms with E-state index in [1.165, 1.54) is 22.2 Å². The fourth-order valence-electron chi connectivity index (χ4n) is 3.02. The van der Waals surface area contributed by atoms with Gasteiger partial charge >= 0.3 is 5.97 Å². The number of nitrogens with zero attached hydrogens (tertiary/aromatic N) is 3. The zero-order valence-corrected chi connectivity index (χ0v) is 17.9. The molecule has 2 heterocycles. The van der Waals surface area contributed by atoms with Crippen LogP contribution in [0.15, 0.2) is 30.6 Å². The first kappa shape index (κ1) is 21.3. The minimum atomic E-state index is -0.941. The molecule has 0 bridgehead atoms. The van der Waals surface area contributed by atoms with Crippen molar-refractivity contribution in [1.29, 1.82) is 0 Å². The maximum absolute atomic E-state index is 12.7. The number of carboxylic acids is 1. The third kappa shape index (κ3) is 4.43. The van der Waals surface area contributed by atoms with E-state index in [1.807, 2.05) is 26.0 Å². The Morgan fingerprint density at radius 1 is 1.30 bits per heavy atom. The van der Waals surface area contributed by atoms with Gasteiger partial charge in [-0.05, 0) is 31.9 Å². The average Bonchev–Trinajstić information content (AvgIpc) is 3.36. The van der Waals surface area contributed by atoms with Crippen molar-refractivity contribution >= 4 is 39.9 Å². The molecule has 1 aromatic carbocycles. The van der Waals surface area contributed by atoms with E-state index >= 15 is 0 Å². The van der Waals surface area contributed by atoms with Crippen LogP contribution in [0, 0.1) is 13.8 Å². The number of carboxylic acid groups (broad SMARTS) is 1. The topological polar surface area (TPSA) is 118 Å². The number of carbonyl (C=O) groups excluding carboxylic acids is 1. The van der Waals surface area contributed by atoms with Crippen molar-refractivity contribution in [1.82, 2.24) is 14.8 Å². The zero-order chi connectivity index (χ0) is 21.8. The number of hydrogen-bond donors (Lipinski definition) is 3. The van der Waals surface area contributed by atoms with Gasteiger partial charge in [-0.3, -0.25) is 9.48 Å². The summed E-state index contributed by atoms with van der Waals surface area (Å²) >= 11 is 1.18. The summed E-state index contributed by atoms with van der Waals surface area (Å²) in [5.74, 6) is -0.0636. The van der Waals surface area contributed by atoms with Crippen molar-refractivity contribution in [3.8, 4) is 5.75 Å². The van der Waals surface area contributed by atoms with Crippen molar-refractivity contribution in [2.75, 3.05) is 17.7 Å². The molecule has 0 saturated heterocycles. The number of amides is 1. The molecular weight excluding hydrogens is 406 g/mol. The van der Waals surface area contributed by atoms with Gasteiger partial charge in [-0.15, -0.1) is 0 Å². The third-order valence-electron chi connectivity index (χ3n) is 4.65. The lowest BCUT2D eigenvalue weighted by Gasteiger charge is -2.14. The second kappa shape index (κ2) is 8.95. The Hall–Kier alpha value is -3.40. The Bertz CT molecular complexity index is 1080. The number of aliphatic carboxylic acids is 1. The molecule has 0 aliphatic rings. The largest absolute Gasteiger partial charge is 0.496 e. The molecule has 0 saturated carbocycles. The molecule has 0 aliphatic carbocycles. The van der Waals surface area contributed by atoms with Gasteiger partial charge in [-0.2, -0.15) is 5.10 Å². The Morgan fingerprint density at radius 2 is 2.07 bits per heavy atom.